The first-order valence-electron chi connectivity index (χ1n) is 5.32. The Morgan fingerprint density at radius 1 is 1.35 bits per heavy atom. The van der Waals surface area contributed by atoms with Gasteiger partial charge in [0.25, 0.3) is 0 Å². The van der Waals surface area contributed by atoms with E-state index in [-0.39, 0.29) is 18.7 Å². The number of carboxylic acid groups (broad SMARTS) is 1. The molecule has 0 fully saturated rings. The number of rotatable bonds is 5. The van der Waals surface area contributed by atoms with E-state index in [9.17, 15) is 9.59 Å². The molecule has 1 aromatic carbocycles. The molecule has 5 nitrogen and oxygen atoms in total. The minimum absolute atomic E-state index is 0.102. The third-order valence-electron chi connectivity index (χ3n) is 2.46. The van der Waals surface area contributed by atoms with E-state index in [1.165, 1.54) is 4.90 Å². The number of hydrogen-bond acceptors (Lipinski definition) is 3. The van der Waals surface area contributed by atoms with Crippen LogP contribution in [0.4, 0.5) is 5.69 Å². The molecule has 1 rings (SSSR count). The fourth-order valence-corrected chi connectivity index (χ4v) is 1.43. The molecule has 0 spiro atoms. The number of para-hydroxylation sites is 1. The zero-order valence-electron chi connectivity index (χ0n) is 9.67. The van der Waals surface area contributed by atoms with Gasteiger partial charge in [0.05, 0.1) is 6.04 Å². The molecule has 0 bridgehead atoms. The maximum Gasteiger partial charge on any atom is 0.303 e. The second kappa shape index (κ2) is 6.00. The number of amides is 1. The number of carbonyl (C=O) groups excluding carboxylic acids is 1. The smallest absolute Gasteiger partial charge is 0.303 e. The van der Waals surface area contributed by atoms with Crippen LogP contribution in [0.25, 0.3) is 0 Å². The van der Waals surface area contributed by atoms with Gasteiger partial charge in [-0.3, -0.25) is 9.59 Å². The summed E-state index contributed by atoms with van der Waals surface area (Å²) in [5.74, 6) is -1.23. The summed E-state index contributed by atoms with van der Waals surface area (Å²) in [6, 6.07) is 8.30. The third-order valence-corrected chi connectivity index (χ3v) is 2.46. The fourth-order valence-electron chi connectivity index (χ4n) is 1.43. The minimum Gasteiger partial charge on any atom is -0.481 e. The van der Waals surface area contributed by atoms with E-state index in [4.69, 9.17) is 10.8 Å². The highest BCUT2D eigenvalue weighted by molar-refractivity contribution is 5.96. The van der Waals surface area contributed by atoms with Gasteiger partial charge in [-0.25, -0.2) is 0 Å². The predicted octanol–water partition coefficient (Wildman–Crippen LogP) is 0.841. The standard InChI is InChI=1S/C12H16N2O3/c1-14(9-5-3-2-4-6-9)12(17)10(13)7-8-11(15)16/h2-6,10H,7-8,13H2,1H3,(H,15,16). The van der Waals surface area contributed by atoms with Gasteiger partial charge in [0.2, 0.25) is 5.91 Å². The molecule has 0 saturated heterocycles. The lowest BCUT2D eigenvalue weighted by molar-refractivity contribution is -0.137. The molecular formula is C12H16N2O3. The van der Waals surface area contributed by atoms with Crippen LogP contribution in [0.1, 0.15) is 12.8 Å². The van der Waals surface area contributed by atoms with E-state index in [0.717, 1.165) is 5.69 Å². The van der Waals surface area contributed by atoms with E-state index in [0.29, 0.717) is 0 Å². The molecule has 0 aromatic heterocycles. The average Bonchev–Trinajstić information content (AvgIpc) is 2.35. The van der Waals surface area contributed by atoms with Crippen LogP contribution in [0.5, 0.6) is 0 Å². The van der Waals surface area contributed by atoms with Crippen LogP contribution in [-0.2, 0) is 9.59 Å². The highest BCUT2D eigenvalue weighted by Crippen LogP contribution is 2.12. The molecule has 1 amide bonds. The molecule has 1 unspecified atom stereocenters. The van der Waals surface area contributed by atoms with Gasteiger partial charge in [0, 0.05) is 19.2 Å². The number of likely N-dealkylation sites (N-methyl/N-ethyl adjacent to an activating group) is 1. The van der Waals surface area contributed by atoms with Crippen molar-refractivity contribution in [1.29, 1.82) is 0 Å². The number of carboxylic acids is 1. The van der Waals surface area contributed by atoms with Gasteiger partial charge in [-0.15, -0.1) is 0 Å². The van der Waals surface area contributed by atoms with Gasteiger partial charge in [0.1, 0.15) is 0 Å². The Bertz CT molecular complexity index is 392. The molecule has 0 aliphatic heterocycles. The van der Waals surface area contributed by atoms with Crippen molar-refractivity contribution in [2.24, 2.45) is 5.73 Å². The molecule has 1 aromatic rings. The van der Waals surface area contributed by atoms with Crippen molar-refractivity contribution < 1.29 is 14.7 Å². The number of carbonyl (C=O) groups is 2. The Morgan fingerprint density at radius 2 is 1.94 bits per heavy atom. The largest absolute Gasteiger partial charge is 0.481 e. The van der Waals surface area contributed by atoms with Crippen molar-refractivity contribution in [2.75, 3.05) is 11.9 Å². The summed E-state index contributed by atoms with van der Waals surface area (Å²) in [7, 11) is 1.62. The number of hydrogen-bond donors (Lipinski definition) is 2. The predicted molar refractivity (Wildman–Crippen MR) is 64.7 cm³/mol. The third kappa shape index (κ3) is 3.88. The maximum atomic E-state index is 11.9. The molecule has 0 aliphatic rings. The number of benzene rings is 1. The lowest BCUT2D eigenvalue weighted by Gasteiger charge is -2.21. The Labute approximate surface area is 99.8 Å². The van der Waals surface area contributed by atoms with Crippen LogP contribution < -0.4 is 10.6 Å². The van der Waals surface area contributed by atoms with Crippen molar-refractivity contribution in [3.05, 3.63) is 30.3 Å². The van der Waals surface area contributed by atoms with Crippen LogP contribution in [-0.4, -0.2) is 30.1 Å². The molecule has 17 heavy (non-hydrogen) atoms. The molecule has 0 saturated carbocycles. The molecule has 5 heteroatoms. The lowest BCUT2D eigenvalue weighted by Crippen LogP contribution is -2.42. The first-order valence-corrected chi connectivity index (χ1v) is 5.32. The number of nitrogens with zero attached hydrogens (tertiary/aromatic N) is 1. The van der Waals surface area contributed by atoms with Gasteiger partial charge in [-0.2, -0.15) is 0 Å². The molecular weight excluding hydrogens is 220 g/mol. The van der Waals surface area contributed by atoms with Crippen LogP contribution in [0, 0.1) is 0 Å². The Morgan fingerprint density at radius 3 is 2.47 bits per heavy atom. The zero-order chi connectivity index (χ0) is 12.8. The summed E-state index contributed by atoms with van der Waals surface area (Å²) in [5, 5.41) is 8.52. The summed E-state index contributed by atoms with van der Waals surface area (Å²) in [6.45, 7) is 0. The Kier molecular flexibility index (Phi) is 4.66. The van der Waals surface area contributed by atoms with Gasteiger partial charge in [-0.05, 0) is 18.6 Å². The van der Waals surface area contributed by atoms with Crippen LogP contribution in [0.15, 0.2) is 30.3 Å². The van der Waals surface area contributed by atoms with Crippen LogP contribution in [0.2, 0.25) is 0 Å². The summed E-state index contributed by atoms with van der Waals surface area (Å²) in [6.07, 6.45) is 0.0425. The van der Waals surface area contributed by atoms with Crippen LogP contribution in [0.3, 0.4) is 0 Å². The van der Waals surface area contributed by atoms with Crippen molar-refractivity contribution in [1.82, 2.24) is 0 Å². The molecule has 0 radical (unpaired) electrons. The number of anilines is 1. The number of aliphatic carboxylic acids is 1. The second-order valence-corrected chi connectivity index (χ2v) is 3.77. The molecule has 1 atom stereocenters. The van der Waals surface area contributed by atoms with Gasteiger partial charge < -0.3 is 15.7 Å². The van der Waals surface area contributed by atoms with Crippen molar-refractivity contribution in [3.63, 3.8) is 0 Å². The highest BCUT2D eigenvalue weighted by Gasteiger charge is 2.19. The van der Waals surface area contributed by atoms with Crippen LogP contribution >= 0.6 is 0 Å². The van der Waals surface area contributed by atoms with Crippen molar-refractivity contribution >= 4 is 17.6 Å². The van der Waals surface area contributed by atoms with Gasteiger partial charge in [-0.1, -0.05) is 18.2 Å². The topological polar surface area (TPSA) is 83.6 Å². The van der Waals surface area contributed by atoms with Crippen molar-refractivity contribution in [2.45, 2.75) is 18.9 Å². The summed E-state index contributed by atoms with van der Waals surface area (Å²) >= 11 is 0. The lowest BCUT2D eigenvalue weighted by atomic mass is 10.1. The Balaban J connectivity index is 2.60. The van der Waals surface area contributed by atoms with Crippen molar-refractivity contribution in [3.8, 4) is 0 Å². The van der Waals surface area contributed by atoms with E-state index in [2.05, 4.69) is 0 Å². The monoisotopic (exact) mass is 236 g/mol. The molecule has 92 valence electrons. The average molecular weight is 236 g/mol. The maximum absolute atomic E-state index is 11.9. The fraction of sp³-hybridized carbons (Fsp3) is 0.333. The zero-order valence-corrected chi connectivity index (χ0v) is 9.67. The Hall–Kier alpha value is -1.88. The summed E-state index contributed by atoms with van der Waals surface area (Å²) in [5.41, 5.74) is 6.39. The number of nitrogens with two attached hydrogens (primary N) is 1. The van der Waals surface area contributed by atoms with E-state index < -0.39 is 12.0 Å². The molecule has 0 heterocycles. The quantitative estimate of drug-likeness (QED) is 0.793. The van der Waals surface area contributed by atoms with Gasteiger partial charge >= 0.3 is 5.97 Å². The highest BCUT2D eigenvalue weighted by atomic mass is 16.4. The normalized spacial score (nSPS) is 11.9. The summed E-state index contributed by atoms with van der Waals surface area (Å²) < 4.78 is 0. The first kappa shape index (κ1) is 13.2. The van der Waals surface area contributed by atoms with E-state index >= 15 is 0 Å². The molecule has 3 N–H and O–H groups in total. The van der Waals surface area contributed by atoms with Gasteiger partial charge in [0.15, 0.2) is 0 Å². The summed E-state index contributed by atoms with van der Waals surface area (Å²) in [4.78, 5) is 23.7. The van der Waals surface area contributed by atoms with E-state index in [1.807, 2.05) is 18.2 Å². The SMILES string of the molecule is CN(C(=O)C(N)CCC(=O)O)c1ccccc1. The second-order valence-electron chi connectivity index (χ2n) is 3.77. The van der Waals surface area contributed by atoms with E-state index in [1.54, 1.807) is 19.2 Å². The molecule has 0 aliphatic carbocycles. The minimum atomic E-state index is -0.949. The first-order chi connectivity index (χ1) is 8.02.